The van der Waals surface area contributed by atoms with Gasteiger partial charge in [0.15, 0.2) is 6.10 Å². The third-order valence-corrected chi connectivity index (χ3v) is 3.78. The molecular formula is C17H16ClN3O6. The Balaban J connectivity index is 2.12. The molecule has 0 aliphatic heterocycles. The standard InChI is InChI=1S/C17H16ClN3O6/c1-9(27-17(23)12-5-3-10(18)7-13(12)19)16(22)20-14-6-4-11(26-2)8-15(14)21(24)25/h3-9H,19H2,1-2H3,(H,20,22)/t9-/m1/s1. The molecule has 0 bridgehead atoms. The van der Waals surface area contributed by atoms with Gasteiger partial charge in [-0.15, -0.1) is 0 Å². The maximum Gasteiger partial charge on any atom is 0.341 e. The highest BCUT2D eigenvalue weighted by atomic mass is 35.5. The van der Waals surface area contributed by atoms with Crippen molar-refractivity contribution in [2.45, 2.75) is 13.0 Å². The van der Waals surface area contributed by atoms with Crippen LogP contribution in [0.1, 0.15) is 17.3 Å². The number of nitro benzene ring substituents is 1. The number of amides is 1. The molecule has 1 atom stereocenters. The molecule has 9 nitrogen and oxygen atoms in total. The number of nitrogen functional groups attached to an aromatic ring is 1. The number of hydrogen-bond donors (Lipinski definition) is 2. The molecule has 2 aromatic carbocycles. The van der Waals surface area contributed by atoms with Crippen LogP contribution in [0.25, 0.3) is 0 Å². The normalized spacial score (nSPS) is 11.4. The van der Waals surface area contributed by atoms with E-state index in [2.05, 4.69) is 5.32 Å². The van der Waals surface area contributed by atoms with Crippen LogP contribution in [-0.4, -0.2) is 30.0 Å². The van der Waals surface area contributed by atoms with Gasteiger partial charge in [-0.3, -0.25) is 14.9 Å². The molecule has 0 aromatic heterocycles. The van der Waals surface area contributed by atoms with E-state index in [4.69, 9.17) is 26.8 Å². The number of hydrogen-bond acceptors (Lipinski definition) is 7. The molecule has 0 aliphatic carbocycles. The van der Waals surface area contributed by atoms with Crippen molar-refractivity contribution < 1.29 is 24.0 Å². The Hall–Kier alpha value is -3.33. The van der Waals surface area contributed by atoms with Gasteiger partial charge in [0.25, 0.3) is 11.6 Å². The van der Waals surface area contributed by atoms with E-state index in [0.29, 0.717) is 5.02 Å². The summed E-state index contributed by atoms with van der Waals surface area (Å²) >= 11 is 5.77. The molecule has 2 aromatic rings. The number of nitro groups is 1. The Labute approximate surface area is 159 Å². The van der Waals surface area contributed by atoms with Crippen LogP contribution in [0.4, 0.5) is 17.1 Å². The highest BCUT2D eigenvalue weighted by molar-refractivity contribution is 6.31. The number of rotatable bonds is 6. The molecule has 1 amide bonds. The lowest BCUT2D eigenvalue weighted by Crippen LogP contribution is -2.30. The molecular weight excluding hydrogens is 378 g/mol. The molecule has 0 heterocycles. The minimum Gasteiger partial charge on any atom is -0.496 e. The van der Waals surface area contributed by atoms with Crippen LogP contribution in [0.5, 0.6) is 5.75 Å². The van der Waals surface area contributed by atoms with Crippen molar-refractivity contribution in [2.24, 2.45) is 0 Å². The Morgan fingerprint density at radius 2 is 1.96 bits per heavy atom. The fourth-order valence-electron chi connectivity index (χ4n) is 2.13. The number of halogens is 1. The van der Waals surface area contributed by atoms with Crippen molar-refractivity contribution in [3.63, 3.8) is 0 Å². The van der Waals surface area contributed by atoms with Gasteiger partial charge in [0, 0.05) is 10.7 Å². The summed E-state index contributed by atoms with van der Waals surface area (Å²) in [6, 6.07) is 8.15. The molecule has 27 heavy (non-hydrogen) atoms. The van der Waals surface area contributed by atoms with Crippen LogP contribution in [0.2, 0.25) is 5.02 Å². The number of benzene rings is 2. The Morgan fingerprint density at radius 1 is 1.26 bits per heavy atom. The van der Waals surface area contributed by atoms with Crippen LogP contribution >= 0.6 is 11.6 Å². The van der Waals surface area contributed by atoms with Gasteiger partial charge in [-0.1, -0.05) is 11.6 Å². The monoisotopic (exact) mass is 393 g/mol. The first-order chi connectivity index (χ1) is 12.7. The average molecular weight is 394 g/mol. The molecule has 0 saturated heterocycles. The second kappa shape index (κ2) is 8.37. The highest BCUT2D eigenvalue weighted by Crippen LogP contribution is 2.29. The van der Waals surface area contributed by atoms with Crippen molar-refractivity contribution in [3.05, 3.63) is 57.1 Å². The number of methoxy groups -OCH3 is 1. The van der Waals surface area contributed by atoms with E-state index in [1.807, 2.05) is 0 Å². The molecule has 0 radical (unpaired) electrons. The number of nitrogens with two attached hydrogens (primary N) is 1. The van der Waals surface area contributed by atoms with E-state index in [0.717, 1.165) is 0 Å². The number of ether oxygens (including phenoxy) is 2. The number of carbonyl (C=O) groups is 2. The van der Waals surface area contributed by atoms with E-state index in [9.17, 15) is 19.7 Å². The first-order valence-corrected chi connectivity index (χ1v) is 8.00. The van der Waals surface area contributed by atoms with Gasteiger partial charge in [0.1, 0.15) is 11.4 Å². The minimum absolute atomic E-state index is 0.0504. The largest absolute Gasteiger partial charge is 0.496 e. The number of anilines is 2. The number of esters is 1. The Morgan fingerprint density at radius 3 is 2.56 bits per heavy atom. The zero-order valence-corrected chi connectivity index (χ0v) is 15.1. The second-order valence-electron chi connectivity index (χ2n) is 5.41. The van der Waals surface area contributed by atoms with Crippen LogP contribution in [0.15, 0.2) is 36.4 Å². The van der Waals surface area contributed by atoms with E-state index in [1.165, 1.54) is 50.4 Å². The third kappa shape index (κ3) is 4.85. The summed E-state index contributed by atoms with van der Waals surface area (Å²) in [6.45, 7) is 1.33. The number of carbonyl (C=O) groups excluding carboxylic acids is 2. The molecule has 0 unspecified atom stereocenters. The van der Waals surface area contributed by atoms with Crippen LogP contribution in [0.3, 0.4) is 0 Å². The second-order valence-corrected chi connectivity index (χ2v) is 5.84. The van der Waals surface area contributed by atoms with Gasteiger partial charge in [-0.25, -0.2) is 4.79 Å². The van der Waals surface area contributed by atoms with Crippen LogP contribution in [-0.2, 0) is 9.53 Å². The Bertz CT molecular complexity index is 902. The molecule has 3 N–H and O–H groups in total. The predicted octanol–water partition coefficient (Wildman–Crippen LogP) is 3.02. The number of nitrogens with one attached hydrogen (secondary N) is 1. The molecule has 0 fully saturated rings. The first kappa shape index (κ1) is 20.0. The lowest BCUT2D eigenvalue weighted by molar-refractivity contribution is -0.384. The van der Waals surface area contributed by atoms with Gasteiger partial charge >= 0.3 is 5.97 Å². The van der Waals surface area contributed by atoms with Crippen molar-refractivity contribution in [1.29, 1.82) is 0 Å². The zero-order valence-electron chi connectivity index (χ0n) is 14.4. The topological polar surface area (TPSA) is 134 Å². The number of nitrogens with zero attached hydrogens (tertiary/aromatic N) is 1. The van der Waals surface area contributed by atoms with Crippen molar-refractivity contribution in [1.82, 2.24) is 0 Å². The van der Waals surface area contributed by atoms with Crippen molar-refractivity contribution >= 4 is 40.5 Å². The summed E-state index contributed by atoms with van der Waals surface area (Å²) in [5.41, 5.74) is 5.44. The minimum atomic E-state index is -1.23. The fourth-order valence-corrected chi connectivity index (χ4v) is 2.31. The van der Waals surface area contributed by atoms with Gasteiger partial charge < -0.3 is 20.5 Å². The lowest BCUT2D eigenvalue weighted by atomic mass is 10.2. The van der Waals surface area contributed by atoms with Gasteiger partial charge in [-0.2, -0.15) is 0 Å². The van der Waals surface area contributed by atoms with Crippen LogP contribution < -0.4 is 15.8 Å². The molecule has 0 spiro atoms. The van der Waals surface area contributed by atoms with Gasteiger partial charge in [-0.05, 0) is 37.3 Å². The van der Waals surface area contributed by atoms with E-state index < -0.39 is 22.9 Å². The molecule has 2 rings (SSSR count). The summed E-state index contributed by atoms with van der Waals surface area (Å²) in [6.07, 6.45) is -1.23. The molecule has 142 valence electrons. The van der Waals surface area contributed by atoms with E-state index in [-0.39, 0.29) is 28.4 Å². The van der Waals surface area contributed by atoms with Crippen molar-refractivity contribution in [3.8, 4) is 5.75 Å². The van der Waals surface area contributed by atoms with Gasteiger partial charge in [0.2, 0.25) is 0 Å². The summed E-state index contributed by atoms with van der Waals surface area (Å²) in [7, 11) is 1.36. The summed E-state index contributed by atoms with van der Waals surface area (Å²) < 4.78 is 9.99. The van der Waals surface area contributed by atoms with Gasteiger partial charge in [0.05, 0.1) is 23.7 Å². The summed E-state index contributed by atoms with van der Waals surface area (Å²) in [4.78, 5) is 34.9. The first-order valence-electron chi connectivity index (χ1n) is 7.62. The van der Waals surface area contributed by atoms with E-state index in [1.54, 1.807) is 0 Å². The predicted molar refractivity (Wildman–Crippen MR) is 99.0 cm³/mol. The SMILES string of the molecule is COc1ccc(NC(=O)[C@@H](C)OC(=O)c2ccc(Cl)cc2N)c([N+](=O)[O-])c1. The Kier molecular flexibility index (Phi) is 6.19. The van der Waals surface area contributed by atoms with Crippen molar-refractivity contribution in [2.75, 3.05) is 18.2 Å². The highest BCUT2D eigenvalue weighted by Gasteiger charge is 2.23. The maximum atomic E-state index is 12.3. The average Bonchev–Trinajstić information content (AvgIpc) is 2.61. The fraction of sp³-hybridized carbons (Fsp3) is 0.176. The maximum absolute atomic E-state index is 12.3. The van der Waals surface area contributed by atoms with E-state index >= 15 is 0 Å². The third-order valence-electron chi connectivity index (χ3n) is 3.55. The molecule has 10 heteroatoms. The molecule has 0 aliphatic rings. The van der Waals surface area contributed by atoms with Crippen LogP contribution in [0, 0.1) is 10.1 Å². The smallest absolute Gasteiger partial charge is 0.341 e. The summed E-state index contributed by atoms with van der Waals surface area (Å²) in [5, 5.41) is 13.9. The zero-order chi connectivity index (χ0) is 20.1. The summed E-state index contributed by atoms with van der Waals surface area (Å²) in [5.74, 6) is -1.31. The quantitative estimate of drug-likeness (QED) is 0.333. The molecule has 0 saturated carbocycles. The lowest BCUT2D eigenvalue weighted by Gasteiger charge is -2.14.